The normalized spacial score (nSPS) is 25.8. The van der Waals surface area contributed by atoms with Crippen LogP contribution in [0.15, 0.2) is 18.2 Å². The Hall–Kier alpha value is -1.93. The SMILES string of the molecule is CN1C[C@@H]2[C@@H](CCCN2Cc2cc(C#N)ccc2F)C1=O. The van der Waals surface area contributed by atoms with E-state index in [4.69, 9.17) is 5.26 Å². The number of fused-ring (bicyclic) bond motifs is 1. The molecule has 1 aromatic rings. The lowest BCUT2D eigenvalue weighted by Gasteiger charge is -2.36. The molecular weight excluding hydrogens is 269 g/mol. The average Bonchev–Trinajstić information content (AvgIpc) is 2.78. The van der Waals surface area contributed by atoms with Gasteiger partial charge < -0.3 is 4.90 Å². The van der Waals surface area contributed by atoms with Crippen molar-refractivity contribution in [2.45, 2.75) is 25.4 Å². The number of nitrogens with zero attached hydrogens (tertiary/aromatic N) is 3. The fourth-order valence-corrected chi connectivity index (χ4v) is 3.49. The molecule has 21 heavy (non-hydrogen) atoms. The summed E-state index contributed by atoms with van der Waals surface area (Å²) in [6, 6.07) is 6.66. The number of amides is 1. The lowest BCUT2D eigenvalue weighted by molar-refractivity contribution is -0.130. The summed E-state index contributed by atoms with van der Waals surface area (Å²) >= 11 is 0. The molecule has 1 amide bonds. The van der Waals surface area contributed by atoms with Gasteiger partial charge in [0.15, 0.2) is 0 Å². The van der Waals surface area contributed by atoms with Gasteiger partial charge >= 0.3 is 0 Å². The topological polar surface area (TPSA) is 47.3 Å². The molecule has 0 aliphatic carbocycles. The van der Waals surface area contributed by atoms with E-state index in [0.717, 1.165) is 19.4 Å². The third kappa shape index (κ3) is 2.52. The van der Waals surface area contributed by atoms with E-state index in [2.05, 4.69) is 4.90 Å². The first-order valence-electron chi connectivity index (χ1n) is 7.27. The van der Waals surface area contributed by atoms with Crippen LogP contribution in [0.25, 0.3) is 0 Å². The molecule has 2 saturated heterocycles. The van der Waals surface area contributed by atoms with Gasteiger partial charge in [-0.1, -0.05) is 0 Å². The van der Waals surface area contributed by atoms with Gasteiger partial charge in [0.25, 0.3) is 0 Å². The van der Waals surface area contributed by atoms with Gasteiger partial charge in [0, 0.05) is 31.7 Å². The first kappa shape index (κ1) is 14.0. The molecule has 1 aromatic carbocycles. The van der Waals surface area contributed by atoms with E-state index < -0.39 is 0 Å². The second-order valence-corrected chi connectivity index (χ2v) is 5.92. The van der Waals surface area contributed by atoms with E-state index >= 15 is 0 Å². The number of carbonyl (C=O) groups is 1. The zero-order valence-corrected chi connectivity index (χ0v) is 12.1. The molecule has 2 heterocycles. The molecule has 0 N–H and O–H groups in total. The van der Waals surface area contributed by atoms with E-state index in [1.165, 1.54) is 12.1 Å². The van der Waals surface area contributed by atoms with Crippen molar-refractivity contribution in [1.82, 2.24) is 9.80 Å². The number of rotatable bonds is 2. The maximum Gasteiger partial charge on any atom is 0.227 e. The zero-order valence-electron chi connectivity index (χ0n) is 12.1. The number of halogens is 1. The van der Waals surface area contributed by atoms with Crippen molar-refractivity contribution < 1.29 is 9.18 Å². The molecule has 0 saturated carbocycles. The molecule has 0 bridgehead atoms. The highest BCUT2D eigenvalue weighted by Gasteiger charge is 2.43. The molecule has 4 nitrogen and oxygen atoms in total. The molecule has 3 rings (SSSR count). The van der Waals surface area contributed by atoms with Gasteiger partial charge in [-0.2, -0.15) is 5.26 Å². The van der Waals surface area contributed by atoms with Crippen LogP contribution in [-0.2, 0) is 11.3 Å². The van der Waals surface area contributed by atoms with Gasteiger partial charge in [0.1, 0.15) is 5.82 Å². The molecule has 0 unspecified atom stereocenters. The standard InChI is InChI=1S/C16H18FN3O/c1-19-10-15-13(16(19)21)3-2-6-20(15)9-12-7-11(8-18)4-5-14(12)17/h4-5,7,13,15H,2-3,6,9-10H2,1H3/t13-,15-/m1/s1. The van der Waals surface area contributed by atoms with Gasteiger partial charge in [-0.3, -0.25) is 9.69 Å². The van der Waals surface area contributed by atoms with Crippen molar-refractivity contribution in [3.63, 3.8) is 0 Å². The molecule has 5 heteroatoms. The van der Waals surface area contributed by atoms with Crippen LogP contribution in [0.3, 0.4) is 0 Å². The summed E-state index contributed by atoms with van der Waals surface area (Å²) in [5.74, 6) is -0.0318. The highest BCUT2D eigenvalue weighted by atomic mass is 19.1. The minimum Gasteiger partial charge on any atom is -0.344 e. The van der Waals surface area contributed by atoms with Crippen molar-refractivity contribution >= 4 is 5.91 Å². The Kier molecular flexibility index (Phi) is 3.64. The Labute approximate surface area is 123 Å². The van der Waals surface area contributed by atoms with Crippen LogP contribution in [0.4, 0.5) is 4.39 Å². The predicted molar refractivity (Wildman–Crippen MR) is 75.7 cm³/mol. The van der Waals surface area contributed by atoms with E-state index in [9.17, 15) is 9.18 Å². The number of likely N-dealkylation sites (N-methyl/N-ethyl adjacent to an activating group) is 1. The molecule has 2 atom stereocenters. The van der Waals surface area contributed by atoms with Gasteiger partial charge in [0.2, 0.25) is 5.91 Å². The molecule has 0 radical (unpaired) electrons. The Morgan fingerprint density at radius 1 is 1.48 bits per heavy atom. The van der Waals surface area contributed by atoms with Crippen molar-refractivity contribution in [2.24, 2.45) is 5.92 Å². The van der Waals surface area contributed by atoms with Crippen LogP contribution in [0.5, 0.6) is 0 Å². The molecule has 2 aliphatic heterocycles. The van der Waals surface area contributed by atoms with E-state index in [-0.39, 0.29) is 23.7 Å². The zero-order chi connectivity index (χ0) is 15.0. The Bertz CT molecular complexity index is 610. The summed E-state index contributed by atoms with van der Waals surface area (Å²) in [4.78, 5) is 16.1. The van der Waals surface area contributed by atoms with Crippen LogP contribution in [0, 0.1) is 23.1 Å². The molecule has 0 aromatic heterocycles. The van der Waals surface area contributed by atoms with Crippen LogP contribution in [-0.4, -0.2) is 41.9 Å². The van der Waals surface area contributed by atoms with Crippen molar-refractivity contribution in [1.29, 1.82) is 5.26 Å². The fourth-order valence-electron chi connectivity index (χ4n) is 3.49. The minimum atomic E-state index is -0.284. The summed E-state index contributed by atoms with van der Waals surface area (Å²) < 4.78 is 13.9. The highest BCUT2D eigenvalue weighted by Crippen LogP contribution is 2.32. The van der Waals surface area contributed by atoms with E-state index in [1.807, 2.05) is 13.1 Å². The summed E-state index contributed by atoms with van der Waals surface area (Å²) in [5, 5.41) is 8.94. The fraction of sp³-hybridized carbons (Fsp3) is 0.500. The second kappa shape index (κ2) is 5.45. The number of likely N-dealkylation sites (tertiary alicyclic amines) is 2. The summed E-state index contributed by atoms with van der Waals surface area (Å²) in [5.41, 5.74) is 1.01. The number of carbonyl (C=O) groups excluding carboxylic acids is 1. The predicted octanol–water partition coefficient (Wildman–Crippen LogP) is 1.75. The molecule has 2 aliphatic rings. The highest BCUT2D eigenvalue weighted by molar-refractivity contribution is 5.81. The summed E-state index contributed by atoms with van der Waals surface area (Å²) in [7, 11) is 1.83. The number of hydrogen-bond acceptors (Lipinski definition) is 3. The van der Waals surface area contributed by atoms with Crippen LogP contribution < -0.4 is 0 Å². The Morgan fingerprint density at radius 2 is 2.29 bits per heavy atom. The monoisotopic (exact) mass is 287 g/mol. The smallest absolute Gasteiger partial charge is 0.227 e. The average molecular weight is 287 g/mol. The lowest BCUT2D eigenvalue weighted by Crippen LogP contribution is -2.45. The lowest BCUT2D eigenvalue weighted by atomic mass is 9.91. The number of hydrogen-bond donors (Lipinski definition) is 0. The van der Waals surface area contributed by atoms with Crippen molar-refractivity contribution in [2.75, 3.05) is 20.1 Å². The maximum atomic E-state index is 13.9. The summed E-state index contributed by atoms with van der Waals surface area (Å²) in [6.45, 7) is 2.05. The van der Waals surface area contributed by atoms with Crippen molar-refractivity contribution in [3.05, 3.63) is 35.1 Å². The molecule has 0 spiro atoms. The third-order valence-corrected chi connectivity index (χ3v) is 4.60. The van der Waals surface area contributed by atoms with E-state index in [0.29, 0.717) is 24.2 Å². The first-order chi connectivity index (χ1) is 10.1. The number of piperidine rings is 1. The quantitative estimate of drug-likeness (QED) is 0.832. The van der Waals surface area contributed by atoms with Gasteiger partial charge in [0.05, 0.1) is 17.6 Å². The molecule has 110 valence electrons. The molecular formula is C16H18FN3O. The molecule has 2 fully saturated rings. The Morgan fingerprint density at radius 3 is 3.05 bits per heavy atom. The first-order valence-corrected chi connectivity index (χ1v) is 7.27. The summed E-state index contributed by atoms with van der Waals surface area (Å²) in [6.07, 6.45) is 1.88. The third-order valence-electron chi connectivity index (χ3n) is 4.60. The number of benzene rings is 1. The van der Waals surface area contributed by atoms with Crippen LogP contribution in [0.1, 0.15) is 24.0 Å². The second-order valence-electron chi connectivity index (χ2n) is 5.92. The minimum absolute atomic E-state index is 0.0472. The maximum absolute atomic E-state index is 13.9. The number of nitriles is 1. The van der Waals surface area contributed by atoms with Gasteiger partial charge in [-0.05, 0) is 37.6 Å². The van der Waals surface area contributed by atoms with Crippen LogP contribution in [0.2, 0.25) is 0 Å². The van der Waals surface area contributed by atoms with E-state index in [1.54, 1.807) is 11.0 Å². The van der Waals surface area contributed by atoms with Crippen LogP contribution >= 0.6 is 0 Å². The largest absolute Gasteiger partial charge is 0.344 e. The van der Waals surface area contributed by atoms with Gasteiger partial charge in [-0.15, -0.1) is 0 Å². The Balaban J connectivity index is 1.82. The van der Waals surface area contributed by atoms with Gasteiger partial charge in [-0.25, -0.2) is 4.39 Å². The van der Waals surface area contributed by atoms with Crippen molar-refractivity contribution in [3.8, 4) is 6.07 Å².